The molecule has 1 aliphatic heterocycles. The van der Waals surface area contributed by atoms with Crippen LogP contribution in [0.2, 0.25) is 0 Å². The molecule has 1 saturated heterocycles. The van der Waals surface area contributed by atoms with Gasteiger partial charge >= 0.3 is 12.2 Å². The molecule has 2 aromatic rings. The van der Waals surface area contributed by atoms with Crippen LogP contribution >= 0.6 is 0 Å². The summed E-state index contributed by atoms with van der Waals surface area (Å²) < 4.78 is 10.8. The van der Waals surface area contributed by atoms with Gasteiger partial charge in [0.15, 0.2) is 0 Å². The first-order valence-electron chi connectivity index (χ1n) is 13.2. The molecule has 0 spiro atoms. The van der Waals surface area contributed by atoms with Crippen molar-refractivity contribution in [3.8, 4) is 0 Å². The Bertz CT molecular complexity index is 1090. The molecular formula is C29H40N4O6. The Morgan fingerprint density at radius 3 is 2.28 bits per heavy atom. The van der Waals surface area contributed by atoms with Gasteiger partial charge in [-0.25, -0.2) is 14.6 Å². The van der Waals surface area contributed by atoms with Crippen LogP contribution in [0, 0.1) is 5.92 Å². The van der Waals surface area contributed by atoms with Crippen molar-refractivity contribution in [3.05, 3.63) is 66.2 Å². The number of benzene rings is 2. The minimum atomic E-state index is -1.05. The molecular weight excluding hydrogens is 500 g/mol. The fraction of sp³-hybridized carbons (Fsp3) is 0.483. The minimum Gasteiger partial charge on any atom is -0.444 e. The van der Waals surface area contributed by atoms with Gasteiger partial charge in [0.25, 0.3) is 5.91 Å². The highest BCUT2D eigenvalue weighted by Crippen LogP contribution is 2.21. The monoisotopic (exact) mass is 540 g/mol. The first-order valence-corrected chi connectivity index (χ1v) is 13.2. The van der Waals surface area contributed by atoms with Crippen molar-refractivity contribution in [2.75, 3.05) is 24.5 Å². The molecule has 39 heavy (non-hydrogen) atoms. The summed E-state index contributed by atoms with van der Waals surface area (Å²) in [5, 5.41) is 15.6. The van der Waals surface area contributed by atoms with Crippen LogP contribution in [0.25, 0.3) is 0 Å². The number of anilines is 1. The molecule has 10 heteroatoms. The van der Waals surface area contributed by atoms with Gasteiger partial charge in [-0.2, -0.15) is 0 Å². The zero-order valence-electron chi connectivity index (χ0n) is 23.3. The van der Waals surface area contributed by atoms with Crippen molar-refractivity contribution >= 4 is 23.8 Å². The Hall–Kier alpha value is -3.63. The highest BCUT2D eigenvalue weighted by molar-refractivity contribution is 5.95. The highest BCUT2D eigenvalue weighted by atomic mass is 16.6. The normalized spacial score (nSPS) is 17.1. The lowest BCUT2D eigenvalue weighted by Crippen LogP contribution is -2.56. The van der Waals surface area contributed by atoms with Crippen molar-refractivity contribution in [3.63, 3.8) is 0 Å². The zero-order chi connectivity index (χ0) is 28.6. The van der Waals surface area contributed by atoms with Crippen LogP contribution in [0.4, 0.5) is 15.3 Å². The van der Waals surface area contributed by atoms with Crippen LogP contribution in [-0.4, -0.2) is 71.7 Å². The number of hydrazine groups is 1. The molecule has 0 aromatic heterocycles. The zero-order valence-corrected chi connectivity index (χ0v) is 23.3. The van der Waals surface area contributed by atoms with Gasteiger partial charge in [-0.05, 0) is 50.8 Å². The number of ether oxygens (including phenoxy) is 2. The molecule has 1 fully saturated rings. The topological polar surface area (TPSA) is 120 Å². The number of nitrogens with one attached hydrogen (secondary N) is 2. The third kappa shape index (κ3) is 9.56. The van der Waals surface area contributed by atoms with E-state index in [1.54, 1.807) is 50.0 Å². The van der Waals surface area contributed by atoms with E-state index in [1.807, 2.05) is 50.2 Å². The number of nitrogens with zero attached hydrogens (tertiary/aromatic N) is 2. The molecule has 3 rings (SSSR count). The standard InChI is InChI=1S/C29H40N4O6/c1-20(2)17-32(31-26(35)25-19-33(28(37)38-25)22-14-10-7-11-15-22)18-24(34)23(16-21-12-8-6-9-13-21)30-27(36)39-29(3,4)5/h6-15,20,23-25,34H,16-19H2,1-5H3,(H,30,36)(H,31,35)/t23-,24-,25-/m0/s1. The summed E-state index contributed by atoms with van der Waals surface area (Å²) in [6.07, 6.45) is -2.94. The number of amides is 3. The van der Waals surface area contributed by atoms with Gasteiger partial charge in [0.1, 0.15) is 5.60 Å². The summed E-state index contributed by atoms with van der Waals surface area (Å²) in [4.78, 5) is 39.5. The SMILES string of the molecule is CC(C)CN(C[C@H](O)[C@H](Cc1ccccc1)NC(=O)OC(C)(C)C)NC(=O)[C@@H]1CN(c2ccccc2)C(=O)O1. The molecule has 0 aliphatic carbocycles. The number of rotatable bonds is 11. The van der Waals surface area contributed by atoms with E-state index in [0.29, 0.717) is 18.7 Å². The molecule has 3 atom stereocenters. The number of hydrogen-bond acceptors (Lipinski definition) is 7. The summed E-state index contributed by atoms with van der Waals surface area (Å²) in [6, 6.07) is 17.8. The van der Waals surface area contributed by atoms with Crippen LogP contribution in [0.3, 0.4) is 0 Å². The van der Waals surface area contributed by atoms with Gasteiger partial charge < -0.3 is 19.9 Å². The number of para-hydroxylation sites is 1. The lowest BCUT2D eigenvalue weighted by molar-refractivity contribution is -0.133. The Labute approximate surface area is 230 Å². The maximum absolute atomic E-state index is 13.1. The first kappa shape index (κ1) is 29.9. The molecule has 212 valence electrons. The van der Waals surface area contributed by atoms with Gasteiger partial charge in [-0.15, -0.1) is 0 Å². The summed E-state index contributed by atoms with van der Waals surface area (Å²) in [5.41, 5.74) is 3.68. The number of alkyl carbamates (subject to hydrolysis) is 1. The summed E-state index contributed by atoms with van der Waals surface area (Å²) in [6.45, 7) is 9.80. The summed E-state index contributed by atoms with van der Waals surface area (Å²) >= 11 is 0. The Balaban J connectivity index is 1.69. The van der Waals surface area contributed by atoms with Gasteiger partial charge in [0.2, 0.25) is 6.10 Å². The predicted molar refractivity (Wildman–Crippen MR) is 148 cm³/mol. The smallest absolute Gasteiger partial charge is 0.415 e. The van der Waals surface area contributed by atoms with Crippen LogP contribution in [0.5, 0.6) is 0 Å². The molecule has 0 bridgehead atoms. The predicted octanol–water partition coefficient (Wildman–Crippen LogP) is 3.50. The van der Waals surface area contributed by atoms with E-state index in [9.17, 15) is 19.5 Å². The molecule has 2 aromatic carbocycles. The van der Waals surface area contributed by atoms with Crippen LogP contribution in [-0.2, 0) is 20.7 Å². The van der Waals surface area contributed by atoms with E-state index in [-0.39, 0.29) is 19.0 Å². The molecule has 1 heterocycles. The molecule has 3 N–H and O–H groups in total. The van der Waals surface area contributed by atoms with Crippen molar-refractivity contribution in [2.45, 2.75) is 64.9 Å². The lowest BCUT2D eigenvalue weighted by atomic mass is 10.0. The number of aliphatic hydroxyl groups excluding tert-OH is 1. The van der Waals surface area contributed by atoms with E-state index in [1.165, 1.54) is 4.90 Å². The van der Waals surface area contributed by atoms with Gasteiger partial charge in [-0.3, -0.25) is 15.1 Å². The molecule has 0 saturated carbocycles. The summed E-state index contributed by atoms with van der Waals surface area (Å²) in [7, 11) is 0. The summed E-state index contributed by atoms with van der Waals surface area (Å²) in [5.74, 6) is -0.342. The average Bonchev–Trinajstić information content (AvgIpc) is 3.25. The second-order valence-electron chi connectivity index (χ2n) is 11.1. The second kappa shape index (κ2) is 13.4. The number of hydrogen-bond donors (Lipinski definition) is 3. The average molecular weight is 541 g/mol. The van der Waals surface area contributed by atoms with Gasteiger partial charge in [0.05, 0.1) is 18.7 Å². The van der Waals surface area contributed by atoms with Crippen LogP contribution in [0.15, 0.2) is 60.7 Å². The molecule has 10 nitrogen and oxygen atoms in total. The lowest BCUT2D eigenvalue weighted by Gasteiger charge is -2.32. The highest BCUT2D eigenvalue weighted by Gasteiger charge is 2.38. The first-order chi connectivity index (χ1) is 18.4. The van der Waals surface area contributed by atoms with E-state index >= 15 is 0 Å². The Morgan fingerprint density at radius 2 is 1.69 bits per heavy atom. The fourth-order valence-corrected chi connectivity index (χ4v) is 4.22. The van der Waals surface area contributed by atoms with E-state index in [4.69, 9.17) is 9.47 Å². The van der Waals surface area contributed by atoms with Crippen LogP contribution in [0.1, 0.15) is 40.2 Å². The third-order valence-electron chi connectivity index (χ3n) is 5.90. The quantitative estimate of drug-likeness (QED) is 0.373. The number of aliphatic hydroxyl groups is 1. The number of cyclic esters (lactones) is 1. The maximum atomic E-state index is 13.1. The van der Waals surface area contributed by atoms with E-state index in [2.05, 4.69) is 10.7 Å². The molecule has 1 aliphatic rings. The third-order valence-corrected chi connectivity index (χ3v) is 5.90. The molecule has 0 radical (unpaired) electrons. The molecule has 0 unspecified atom stereocenters. The van der Waals surface area contributed by atoms with Crippen molar-refractivity contribution < 1.29 is 29.0 Å². The Kier molecular flexibility index (Phi) is 10.3. The molecule has 3 amide bonds. The van der Waals surface area contributed by atoms with Crippen LogP contribution < -0.4 is 15.6 Å². The largest absolute Gasteiger partial charge is 0.444 e. The van der Waals surface area contributed by atoms with Gasteiger partial charge in [-0.1, -0.05) is 62.4 Å². The van der Waals surface area contributed by atoms with Crippen molar-refractivity contribution in [2.24, 2.45) is 5.92 Å². The van der Waals surface area contributed by atoms with Crippen molar-refractivity contribution in [1.82, 2.24) is 15.8 Å². The number of carbonyl (C=O) groups is 3. The Morgan fingerprint density at radius 1 is 1.08 bits per heavy atom. The number of carbonyl (C=O) groups excluding carboxylic acids is 3. The minimum absolute atomic E-state index is 0.0281. The van der Waals surface area contributed by atoms with E-state index in [0.717, 1.165) is 5.56 Å². The second-order valence-corrected chi connectivity index (χ2v) is 11.1. The maximum Gasteiger partial charge on any atom is 0.415 e. The van der Waals surface area contributed by atoms with E-state index < -0.39 is 41.9 Å². The van der Waals surface area contributed by atoms with Gasteiger partial charge in [0, 0.05) is 18.8 Å². The fourth-order valence-electron chi connectivity index (χ4n) is 4.22. The van der Waals surface area contributed by atoms with Crippen molar-refractivity contribution in [1.29, 1.82) is 0 Å².